The van der Waals surface area contributed by atoms with Crippen LogP contribution in [0.15, 0.2) is 30.6 Å². The number of aromatic nitrogens is 2. The van der Waals surface area contributed by atoms with Crippen LogP contribution in [-0.2, 0) is 13.5 Å². The molecular weight excluding hydrogens is 289 g/mol. The monoisotopic (exact) mass is 309 g/mol. The van der Waals surface area contributed by atoms with Crippen LogP contribution in [-0.4, -0.2) is 16.1 Å². The van der Waals surface area contributed by atoms with Crippen molar-refractivity contribution in [3.8, 4) is 0 Å². The zero-order valence-corrected chi connectivity index (χ0v) is 13.2. The Labute approximate surface area is 130 Å². The average Bonchev–Trinajstić information content (AvgIpc) is 2.87. The van der Waals surface area contributed by atoms with Crippen LogP contribution in [0, 0.1) is 5.82 Å². The summed E-state index contributed by atoms with van der Waals surface area (Å²) in [6.07, 6.45) is 6.27. The molecule has 2 rings (SSSR count). The Hall–Kier alpha value is -1.39. The maximum absolute atomic E-state index is 14.1. The third-order valence-corrected chi connectivity index (χ3v) is 3.79. The molecule has 1 heterocycles. The Morgan fingerprint density at radius 3 is 2.90 bits per heavy atom. The van der Waals surface area contributed by atoms with Gasteiger partial charge in [-0.1, -0.05) is 18.5 Å². The summed E-state index contributed by atoms with van der Waals surface area (Å²) in [5.41, 5.74) is 0.630. The first-order chi connectivity index (χ1) is 10.1. The standard InChI is InChI=1S/C16H21ClFN3/c1-3-8-19-15(6-7-16-20-9-10-21(16)2)13-11-12(17)4-5-14(13)18/h4-5,9-11,15,19H,3,6-8H2,1-2H3. The van der Waals surface area contributed by atoms with Gasteiger partial charge in [-0.05, 0) is 37.6 Å². The summed E-state index contributed by atoms with van der Waals surface area (Å²) in [7, 11) is 1.97. The van der Waals surface area contributed by atoms with E-state index >= 15 is 0 Å². The van der Waals surface area contributed by atoms with Gasteiger partial charge in [0.15, 0.2) is 0 Å². The number of halogens is 2. The van der Waals surface area contributed by atoms with E-state index in [0.29, 0.717) is 10.6 Å². The van der Waals surface area contributed by atoms with Crippen LogP contribution in [0.5, 0.6) is 0 Å². The molecular formula is C16H21ClFN3. The number of benzene rings is 1. The lowest BCUT2D eigenvalue weighted by Crippen LogP contribution is -2.24. The van der Waals surface area contributed by atoms with Crippen LogP contribution in [0.2, 0.25) is 5.02 Å². The van der Waals surface area contributed by atoms with Gasteiger partial charge in [0.2, 0.25) is 0 Å². The van der Waals surface area contributed by atoms with Crippen molar-refractivity contribution < 1.29 is 4.39 Å². The first kappa shape index (κ1) is 16.0. The van der Waals surface area contributed by atoms with Crippen molar-refractivity contribution in [3.05, 3.63) is 52.8 Å². The van der Waals surface area contributed by atoms with E-state index in [1.165, 1.54) is 6.07 Å². The molecule has 0 amide bonds. The summed E-state index contributed by atoms with van der Waals surface area (Å²) < 4.78 is 16.1. The Morgan fingerprint density at radius 2 is 2.24 bits per heavy atom. The minimum atomic E-state index is -0.215. The molecule has 0 saturated carbocycles. The topological polar surface area (TPSA) is 29.9 Å². The van der Waals surface area contributed by atoms with Gasteiger partial charge in [-0.15, -0.1) is 0 Å². The second-order valence-corrected chi connectivity index (χ2v) is 5.60. The Kier molecular flexibility index (Phi) is 5.76. The van der Waals surface area contributed by atoms with Gasteiger partial charge in [0.05, 0.1) is 0 Å². The van der Waals surface area contributed by atoms with Gasteiger partial charge in [-0.2, -0.15) is 0 Å². The van der Waals surface area contributed by atoms with Crippen LogP contribution in [0.3, 0.4) is 0 Å². The second-order valence-electron chi connectivity index (χ2n) is 5.17. The SMILES string of the molecule is CCCNC(CCc1nccn1C)c1cc(Cl)ccc1F. The van der Waals surface area contributed by atoms with E-state index in [-0.39, 0.29) is 11.9 Å². The molecule has 0 saturated heterocycles. The largest absolute Gasteiger partial charge is 0.338 e. The third kappa shape index (κ3) is 4.29. The summed E-state index contributed by atoms with van der Waals surface area (Å²) in [6, 6.07) is 4.66. The molecule has 21 heavy (non-hydrogen) atoms. The van der Waals surface area contributed by atoms with E-state index in [1.807, 2.05) is 17.8 Å². The molecule has 1 aromatic heterocycles. The molecule has 0 aliphatic rings. The van der Waals surface area contributed by atoms with E-state index in [1.54, 1.807) is 18.3 Å². The quantitative estimate of drug-likeness (QED) is 0.841. The lowest BCUT2D eigenvalue weighted by molar-refractivity contribution is 0.468. The van der Waals surface area contributed by atoms with Crippen molar-refractivity contribution in [1.82, 2.24) is 14.9 Å². The van der Waals surface area contributed by atoms with Gasteiger partial charge >= 0.3 is 0 Å². The number of imidazole rings is 1. The minimum Gasteiger partial charge on any atom is -0.338 e. The molecule has 1 unspecified atom stereocenters. The van der Waals surface area contributed by atoms with Gasteiger partial charge in [-0.25, -0.2) is 9.37 Å². The zero-order valence-electron chi connectivity index (χ0n) is 12.4. The zero-order chi connectivity index (χ0) is 15.2. The number of rotatable bonds is 7. The van der Waals surface area contributed by atoms with E-state index in [0.717, 1.165) is 31.6 Å². The van der Waals surface area contributed by atoms with Gasteiger partial charge in [0, 0.05) is 42.5 Å². The first-order valence-electron chi connectivity index (χ1n) is 7.26. The molecule has 0 spiro atoms. The number of hydrogen-bond acceptors (Lipinski definition) is 2. The fourth-order valence-corrected chi connectivity index (χ4v) is 2.56. The van der Waals surface area contributed by atoms with Crippen LogP contribution < -0.4 is 5.32 Å². The third-order valence-electron chi connectivity index (χ3n) is 3.55. The molecule has 1 N–H and O–H groups in total. The van der Waals surface area contributed by atoms with Crippen LogP contribution in [0.25, 0.3) is 0 Å². The fraction of sp³-hybridized carbons (Fsp3) is 0.438. The molecule has 0 bridgehead atoms. The van der Waals surface area contributed by atoms with Crippen molar-refractivity contribution >= 4 is 11.6 Å². The summed E-state index contributed by atoms with van der Waals surface area (Å²) in [4.78, 5) is 4.32. The molecule has 2 aromatic rings. The fourth-order valence-electron chi connectivity index (χ4n) is 2.38. The summed E-state index contributed by atoms with van der Waals surface area (Å²) in [5.74, 6) is 0.786. The molecule has 5 heteroatoms. The van der Waals surface area contributed by atoms with E-state index < -0.39 is 0 Å². The smallest absolute Gasteiger partial charge is 0.128 e. The molecule has 0 aliphatic heterocycles. The van der Waals surface area contributed by atoms with Gasteiger partial charge in [0.1, 0.15) is 11.6 Å². The van der Waals surface area contributed by atoms with Crippen molar-refractivity contribution in [2.24, 2.45) is 7.05 Å². The average molecular weight is 310 g/mol. The predicted octanol–water partition coefficient (Wildman–Crippen LogP) is 3.89. The molecule has 0 aliphatic carbocycles. The number of aryl methyl sites for hydroxylation is 2. The van der Waals surface area contributed by atoms with Crippen molar-refractivity contribution in [2.75, 3.05) is 6.54 Å². The Morgan fingerprint density at radius 1 is 1.43 bits per heavy atom. The molecule has 1 atom stereocenters. The highest BCUT2D eigenvalue weighted by Gasteiger charge is 2.16. The highest BCUT2D eigenvalue weighted by Crippen LogP contribution is 2.25. The highest BCUT2D eigenvalue weighted by atomic mass is 35.5. The maximum atomic E-state index is 14.1. The molecule has 3 nitrogen and oxygen atoms in total. The normalized spacial score (nSPS) is 12.6. The lowest BCUT2D eigenvalue weighted by atomic mass is 10.0. The minimum absolute atomic E-state index is 0.0552. The van der Waals surface area contributed by atoms with Gasteiger partial charge in [-0.3, -0.25) is 0 Å². The van der Waals surface area contributed by atoms with E-state index in [9.17, 15) is 4.39 Å². The second kappa shape index (κ2) is 7.57. The number of hydrogen-bond donors (Lipinski definition) is 1. The van der Waals surface area contributed by atoms with Crippen LogP contribution in [0.1, 0.15) is 37.2 Å². The Balaban J connectivity index is 2.13. The molecule has 114 valence electrons. The van der Waals surface area contributed by atoms with Crippen molar-refractivity contribution in [3.63, 3.8) is 0 Å². The maximum Gasteiger partial charge on any atom is 0.128 e. The lowest BCUT2D eigenvalue weighted by Gasteiger charge is -2.20. The summed E-state index contributed by atoms with van der Waals surface area (Å²) in [6.45, 7) is 2.94. The number of nitrogens with zero attached hydrogens (tertiary/aromatic N) is 2. The Bertz CT molecular complexity index is 583. The number of nitrogens with one attached hydrogen (secondary N) is 1. The molecule has 1 aromatic carbocycles. The molecule has 0 fully saturated rings. The van der Waals surface area contributed by atoms with Crippen LogP contribution in [0.4, 0.5) is 4.39 Å². The van der Waals surface area contributed by atoms with Crippen molar-refractivity contribution in [2.45, 2.75) is 32.2 Å². The van der Waals surface area contributed by atoms with Crippen LogP contribution >= 0.6 is 11.6 Å². The highest BCUT2D eigenvalue weighted by molar-refractivity contribution is 6.30. The van der Waals surface area contributed by atoms with E-state index in [4.69, 9.17) is 11.6 Å². The summed E-state index contributed by atoms with van der Waals surface area (Å²) in [5, 5.41) is 3.96. The summed E-state index contributed by atoms with van der Waals surface area (Å²) >= 11 is 6.01. The molecule has 0 radical (unpaired) electrons. The first-order valence-corrected chi connectivity index (χ1v) is 7.64. The van der Waals surface area contributed by atoms with E-state index in [2.05, 4.69) is 17.2 Å². The van der Waals surface area contributed by atoms with Gasteiger partial charge < -0.3 is 9.88 Å². The van der Waals surface area contributed by atoms with Crippen molar-refractivity contribution in [1.29, 1.82) is 0 Å². The van der Waals surface area contributed by atoms with Gasteiger partial charge in [0.25, 0.3) is 0 Å². The predicted molar refractivity (Wildman–Crippen MR) is 84.0 cm³/mol.